The summed E-state index contributed by atoms with van der Waals surface area (Å²) in [6.07, 6.45) is 9.06. The molecule has 0 aliphatic carbocycles. The molecule has 92 valence electrons. The number of carbonyl (C=O) groups is 1. The smallest absolute Gasteiger partial charge is 0.335 e. The Bertz CT molecular complexity index is 508. The van der Waals surface area contributed by atoms with Crippen LogP contribution in [0.3, 0.4) is 0 Å². The van der Waals surface area contributed by atoms with Gasteiger partial charge in [-0.2, -0.15) is 0 Å². The quantitative estimate of drug-likeness (QED) is 0.630. The maximum Gasteiger partial charge on any atom is 0.335 e. The van der Waals surface area contributed by atoms with Gasteiger partial charge in [-0.1, -0.05) is 30.9 Å². The number of hydrogen-bond donors (Lipinski definition) is 1. The molecule has 0 aromatic heterocycles. The molecule has 0 atom stereocenters. The topological polar surface area (TPSA) is 49.7 Å². The monoisotopic (exact) mass is 241 g/mol. The summed E-state index contributed by atoms with van der Waals surface area (Å²) in [5.74, 6) is -0.938. The molecule has 0 aliphatic heterocycles. The van der Waals surface area contributed by atoms with Crippen molar-refractivity contribution in [3.8, 4) is 0 Å². The maximum absolute atomic E-state index is 10.7. The molecule has 0 aliphatic rings. The van der Waals surface area contributed by atoms with E-state index in [9.17, 15) is 4.79 Å². The Morgan fingerprint density at radius 3 is 2.50 bits per heavy atom. The van der Waals surface area contributed by atoms with Crippen molar-refractivity contribution in [1.29, 1.82) is 0 Å². The summed E-state index contributed by atoms with van der Waals surface area (Å²) in [4.78, 5) is 14.9. The Kier molecular flexibility index (Phi) is 5.32. The summed E-state index contributed by atoms with van der Waals surface area (Å²) in [5, 5.41) is 8.77. The van der Waals surface area contributed by atoms with Crippen molar-refractivity contribution >= 4 is 17.9 Å². The van der Waals surface area contributed by atoms with Crippen molar-refractivity contribution in [3.63, 3.8) is 0 Å². The minimum atomic E-state index is -0.938. The van der Waals surface area contributed by atoms with Gasteiger partial charge in [0.1, 0.15) is 0 Å². The Hall–Kier alpha value is -2.42. The lowest BCUT2D eigenvalue weighted by molar-refractivity contribution is 0.0697. The van der Waals surface area contributed by atoms with E-state index in [0.29, 0.717) is 5.69 Å². The highest BCUT2D eigenvalue weighted by Gasteiger charge is 2.00. The Morgan fingerprint density at radius 1 is 1.33 bits per heavy atom. The first-order chi connectivity index (χ1) is 8.67. The highest BCUT2D eigenvalue weighted by molar-refractivity contribution is 5.88. The summed E-state index contributed by atoms with van der Waals surface area (Å²) in [6, 6.07) is 6.39. The predicted molar refractivity (Wildman–Crippen MR) is 74.6 cm³/mol. The van der Waals surface area contributed by atoms with E-state index < -0.39 is 5.97 Å². The molecule has 0 unspecified atom stereocenters. The van der Waals surface area contributed by atoms with Gasteiger partial charge in [0.15, 0.2) is 0 Å². The number of rotatable bonds is 5. The first-order valence-electron chi connectivity index (χ1n) is 5.50. The van der Waals surface area contributed by atoms with Gasteiger partial charge in [-0.3, -0.25) is 4.99 Å². The molecule has 1 aromatic rings. The molecule has 0 bridgehead atoms. The van der Waals surface area contributed by atoms with E-state index in [-0.39, 0.29) is 5.56 Å². The number of allylic oxidation sites excluding steroid dienone is 5. The zero-order chi connectivity index (χ0) is 13.4. The number of carboxylic acid groups (broad SMARTS) is 1. The second-order valence-corrected chi connectivity index (χ2v) is 3.51. The van der Waals surface area contributed by atoms with Gasteiger partial charge in [0.25, 0.3) is 0 Å². The zero-order valence-electron chi connectivity index (χ0n) is 10.2. The van der Waals surface area contributed by atoms with Crippen molar-refractivity contribution in [2.75, 3.05) is 0 Å². The summed E-state index contributed by atoms with van der Waals surface area (Å²) >= 11 is 0. The highest BCUT2D eigenvalue weighted by atomic mass is 16.4. The van der Waals surface area contributed by atoms with E-state index in [0.717, 1.165) is 5.57 Å². The summed E-state index contributed by atoms with van der Waals surface area (Å²) in [6.45, 7) is 5.55. The molecule has 0 heterocycles. The number of aromatic carboxylic acids is 1. The summed E-state index contributed by atoms with van der Waals surface area (Å²) in [7, 11) is 0. The average Bonchev–Trinajstić information content (AvgIpc) is 2.37. The molecule has 3 heteroatoms. The van der Waals surface area contributed by atoms with E-state index in [1.165, 1.54) is 12.1 Å². The van der Waals surface area contributed by atoms with Crippen molar-refractivity contribution in [1.82, 2.24) is 0 Å². The summed E-state index contributed by atoms with van der Waals surface area (Å²) in [5.41, 5.74) is 1.89. The summed E-state index contributed by atoms with van der Waals surface area (Å²) < 4.78 is 0. The van der Waals surface area contributed by atoms with Gasteiger partial charge >= 0.3 is 5.97 Å². The molecule has 0 spiro atoms. The molecule has 3 nitrogen and oxygen atoms in total. The number of hydrogen-bond acceptors (Lipinski definition) is 2. The van der Waals surface area contributed by atoms with Crippen LogP contribution in [0.2, 0.25) is 0 Å². The van der Waals surface area contributed by atoms with Gasteiger partial charge in [-0.15, -0.1) is 0 Å². The molecule has 0 radical (unpaired) electrons. The molecule has 0 fully saturated rings. The minimum Gasteiger partial charge on any atom is -0.478 e. The van der Waals surface area contributed by atoms with E-state index in [1.807, 2.05) is 25.2 Å². The molecule has 18 heavy (non-hydrogen) atoms. The van der Waals surface area contributed by atoms with Crippen LogP contribution in [0.5, 0.6) is 0 Å². The van der Waals surface area contributed by atoms with Gasteiger partial charge in [-0.05, 0) is 36.8 Å². The second kappa shape index (κ2) is 7.01. The van der Waals surface area contributed by atoms with Crippen LogP contribution in [0.4, 0.5) is 5.69 Å². The van der Waals surface area contributed by atoms with Crippen LogP contribution < -0.4 is 0 Å². The number of carboxylic acids is 1. The normalized spacial score (nSPS) is 12.2. The minimum absolute atomic E-state index is 0.254. The third kappa shape index (κ3) is 4.22. The van der Waals surface area contributed by atoms with Gasteiger partial charge in [-0.25, -0.2) is 4.79 Å². The van der Waals surface area contributed by atoms with Crippen molar-refractivity contribution < 1.29 is 9.90 Å². The number of benzene rings is 1. The first kappa shape index (κ1) is 13.6. The first-order valence-corrected chi connectivity index (χ1v) is 5.50. The Balaban J connectivity index is 2.86. The number of nitrogens with zero attached hydrogens (tertiary/aromatic N) is 1. The molecule has 1 rings (SSSR count). The third-order valence-corrected chi connectivity index (χ3v) is 2.15. The Morgan fingerprint density at radius 2 is 2.00 bits per heavy atom. The molecule has 1 N–H and O–H groups in total. The fourth-order valence-electron chi connectivity index (χ4n) is 1.31. The van der Waals surface area contributed by atoms with Crippen LogP contribution in [-0.4, -0.2) is 17.3 Å². The Labute approximate surface area is 106 Å². The number of aliphatic imine (C=N–C) groups is 1. The van der Waals surface area contributed by atoms with Crippen LogP contribution in [0.15, 0.2) is 65.7 Å². The fourth-order valence-corrected chi connectivity index (χ4v) is 1.31. The highest BCUT2D eigenvalue weighted by Crippen LogP contribution is 2.13. The van der Waals surface area contributed by atoms with Gasteiger partial charge in [0.2, 0.25) is 0 Å². The lowest BCUT2D eigenvalue weighted by Gasteiger charge is -1.96. The molecular weight excluding hydrogens is 226 g/mol. The van der Waals surface area contributed by atoms with E-state index >= 15 is 0 Å². The molecular formula is C15H15NO2. The van der Waals surface area contributed by atoms with Crippen LogP contribution in [0, 0.1) is 0 Å². The van der Waals surface area contributed by atoms with Gasteiger partial charge in [0, 0.05) is 6.21 Å². The molecule has 1 aromatic carbocycles. The van der Waals surface area contributed by atoms with Crippen molar-refractivity contribution in [3.05, 3.63) is 66.3 Å². The van der Waals surface area contributed by atoms with Crippen LogP contribution >= 0.6 is 0 Å². The van der Waals surface area contributed by atoms with Gasteiger partial charge in [0.05, 0.1) is 11.3 Å². The predicted octanol–water partition coefficient (Wildman–Crippen LogP) is 3.78. The van der Waals surface area contributed by atoms with Gasteiger partial charge < -0.3 is 5.11 Å². The average molecular weight is 241 g/mol. The largest absolute Gasteiger partial charge is 0.478 e. The fraction of sp³-hybridized carbons (Fsp3) is 0.0667. The second-order valence-electron chi connectivity index (χ2n) is 3.51. The van der Waals surface area contributed by atoms with Crippen molar-refractivity contribution in [2.45, 2.75) is 6.92 Å². The van der Waals surface area contributed by atoms with Crippen LogP contribution in [0.25, 0.3) is 0 Å². The van der Waals surface area contributed by atoms with Crippen LogP contribution in [-0.2, 0) is 0 Å². The molecule has 0 amide bonds. The lowest BCUT2D eigenvalue weighted by Crippen LogP contribution is -1.94. The molecule has 0 saturated heterocycles. The SMILES string of the molecule is C=C/C=C(C=Nc1ccc(C(=O)O)cc1)\C=C/C. The van der Waals surface area contributed by atoms with Crippen molar-refractivity contribution in [2.24, 2.45) is 4.99 Å². The van der Waals surface area contributed by atoms with E-state index in [1.54, 1.807) is 24.4 Å². The third-order valence-electron chi connectivity index (χ3n) is 2.15. The molecule has 0 saturated carbocycles. The van der Waals surface area contributed by atoms with E-state index in [2.05, 4.69) is 11.6 Å². The maximum atomic E-state index is 10.7. The standard InChI is InChI=1S/C15H15NO2/c1-3-5-12(6-4-2)11-16-14-9-7-13(8-10-14)15(17)18/h3-11H,1H2,2H3,(H,17,18)/b6-4-,12-5+,16-11?. The lowest BCUT2D eigenvalue weighted by atomic mass is 10.2. The van der Waals surface area contributed by atoms with Crippen LogP contribution in [0.1, 0.15) is 17.3 Å². The zero-order valence-corrected chi connectivity index (χ0v) is 10.2. The van der Waals surface area contributed by atoms with E-state index in [4.69, 9.17) is 5.11 Å².